The van der Waals surface area contributed by atoms with Crippen LogP contribution in [-0.2, 0) is 5.41 Å². The van der Waals surface area contributed by atoms with Crippen LogP contribution in [0.2, 0.25) is 0 Å². The number of hydrogen-bond donors (Lipinski definition) is 1. The van der Waals surface area contributed by atoms with Crippen molar-refractivity contribution in [3.8, 4) is 22.3 Å². The standard InChI is InChI=1S/C47H32N2/c1-3-13-32(14-4-1)33-23-26-35(27-24-33)48-36-28-30-45-44(31-36)47(41-21-11-9-19-39(41)40-20-10-12-22-42(40)47)43-29-25-34-15-7-8-18-38(34)46(43)49(45)37-16-5-2-6-17-37/h1-31,48H. The molecule has 10 rings (SSSR count). The van der Waals surface area contributed by atoms with Gasteiger partial charge in [-0.3, -0.25) is 0 Å². The summed E-state index contributed by atoms with van der Waals surface area (Å²) in [6.45, 7) is 0. The number of hydrogen-bond acceptors (Lipinski definition) is 2. The quantitative estimate of drug-likeness (QED) is 0.210. The smallest absolute Gasteiger partial charge is 0.0755 e. The predicted octanol–water partition coefficient (Wildman–Crippen LogP) is 12.4. The van der Waals surface area contributed by atoms with Crippen LogP contribution in [0.5, 0.6) is 0 Å². The first-order valence-corrected chi connectivity index (χ1v) is 16.9. The largest absolute Gasteiger partial charge is 0.356 e. The highest BCUT2D eigenvalue weighted by Gasteiger charge is 2.52. The maximum atomic E-state index is 3.78. The molecule has 1 aliphatic carbocycles. The van der Waals surface area contributed by atoms with E-state index < -0.39 is 5.41 Å². The normalized spacial score (nSPS) is 13.4. The van der Waals surface area contributed by atoms with Crippen molar-refractivity contribution in [3.63, 3.8) is 0 Å². The van der Waals surface area contributed by atoms with E-state index in [-0.39, 0.29) is 0 Å². The first-order valence-electron chi connectivity index (χ1n) is 16.9. The van der Waals surface area contributed by atoms with Gasteiger partial charge in [0.2, 0.25) is 0 Å². The van der Waals surface area contributed by atoms with E-state index in [0.29, 0.717) is 0 Å². The number of para-hydroxylation sites is 1. The molecule has 0 amide bonds. The summed E-state index contributed by atoms with van der Waals surface area (Å²) in [4.78, 5) is 2.49. The van der Waals surface area contributed by atoms with Gasteiger partial charge in [-0.2, -0.15) is 0 Å². The molecule has 0 bridgehead atoms. The first kappa shape index (κ1) is 27.7. The van der Waals surface area contributed by atoms with E-state index >= 15 is 0 Å². The number of benzene rings is 8. The van der Waals surface area contributed by atoms with Crippen molar-refractivity contribution in [1.82, 2.24) is 0 Å². The van der Waals surface area contributed by atoms with E-state index in [1.54, 1.807) is 0 Å². The Balaban J connectivity index is 1.24. The Kier molecular flexibility index (Phi) is 6.13. The minimum atomic E-state index is -0.512. The molecule has 8 aromatic rings. The van der Waals surface area contributed by atoms with Crippen molar-refractivity contribution in [3.05, 3.63) is 210 Å². The molecule has 1 spiro atoms. The summed E-state index contributed by atoms with van der Waals surface area (Å²) in [7, 11) is 0. The third kappa shape index (κ3) is 4.07. The molecule has 49 heavy (non-hydrogen) atoms. The van der Waals surface area contributed by atoms with Crippen LogP contribution < -0.4 is 10.2 Å². The second-order valence-corrected chi connectivity index (χ2v) is 13.0. The van der Waals surface area contributed by atoms with E-state index in [1.807, 2.05) is 0 Å². The lowest BCUT2D eigenvalue weighted by Gasteiger charge is -2.45. The number of rotatable bonds is 4. The lowest BCUT2D eigenvalue weighted by Crippen LogP contribution is -2.36. The van der Waals surface area contributed by atoms with Crippen LogP contribution in [0.3, 0.4) is 0 Å². The fourth-order valence-electron chi connectivity index (χ4n) is 8.38. The summed E-state index contributed by atoms with van der Waals surface area (Å²) in [6.07, 6.45) is 0. The molecule has 2 heteroatoms. The van der Waals surface area contributed by atoms with Crippen LogP contribution in [0.1, 0.15) is 22.3 Å². The van der Waals surface area contributed by atoms with Crippen molar-refractivity contribution in [2.75, 3.05) is 10.2 Å². The zero-order chi connectivity index (χ0) is 32.4. The van der Waals surface area contributed by atoms with Gasteiger partial charge in [0.05, 0.1) is 16.8 Å². The van der Waals surface area contributed by atoms with Crippen LogP contribution in [0.15, 0.2) is 188 Å². The summed E-state index contributed by atoms with van der Waals surface area (Å²) in [5.41, 5.74) is 15.4. The summed E-state index contributed by atoms with van der Waals surface area (Å²) in [5, 5.41) is 6.26. The van der Waals surface area contributed by atoms with Crippen molar-refractivity contribution < 1.29 is 0 Å². The van der Waals surface area contributed by atoms with E-state index in [1.165, 1.54) is 66.7 Å². The van der Waals surface area contributed by atoms with E-state index in [2.05, 4.69) is 198 Å². The maximum absolute atomic E-state index is 3.78. The topological polar surface area (TPSA) is 15.3 Å². The molecule has 1 aliphatic heterocycles. The van der Waals surface area contributed by atoms with Gasteiger partial charge in [0.1, 0.15) is 0 Å². The van der Waals surface area contributed by atoms with Gasteiger partial charge in [0, 0.05) is 22.4 Å². The second-order valence-electron chi connectivity index (χ2n) is 13.0. The molecule has 230 valence electrons. The fraction of sp³-hybridized carbons (Fsp3) is 0.0213. The highest BCUT2D eigenvalue weighted by molar-refractivity contribution is 6.06. The fourth-order valence-corrected chi connectivity index (χ4v) is 8.38. The van der Waals surface area contributed by atoms with Gasteiger partial charge in [0.15, 0.2) is 0 Å². The summed E-state index contributed by atoms with van der Waals surface area (Å²) < 4.78 is 0. The van der Waals surface area contributed by atoms with Crippen LogP contribution in [0.25, 0.3) is 33.0 Å². The molecule has 0 aromatic heterocycles. The molecule has 2 nitrogen and oxygen atoms in total. The molecule has 0 saturated heterocycles. The number of anilines is 5. The minimum Gasteiger partial charge on any atom is -0.356 e. The predicted molar refractivity (Wildman–Crippen MR) is 205 cm³/mol. The first-order chi connectivity index (χ1) is 24.3. The summed E-state index contributed by atoms with van der Waals surface area (Å²) in [6, 6.07) is 68.6. The molecular formula is C47H32N2. The zero-order valence-electron chi connectivity index (χ0n) is 26.8. The van der Waals surface area contributed by atoms with Crippen LogP contribution >= 0.6 is 0 Å². The lowest BCUT2D eigenvalue weighted by molar-refractivity contribution is 0.755. The average molecular weight is 625 g/mol. The second kappa shape index (κ2) is 10.8. The molecule has 2 aliphatic rings. The molecule has 0 saturated carbocycles. The molecule has 1 heterocycles. The number of fused-ring (bicyclic) bond motifs is 11. The molecule has 0 fully saturated rings. The third-order valence-corrected chi connectivity index (χ3v) is 10.4. The van der Waals surface area contributed by atoms with Gasteiger partial charge in [0.25, 0.3) is 0 Å². The Morgan fingerprint density at radius 1 is 0.408 bits per heavy atom. The van der Waals surface area contributed by atoms with E-state index in [4.69, 9.17) is 0 Å². The highest BCUT2D eigenvalue weighted by Crippen LogP contribution is 2.64. The van der Waals surface area contributed by atoms with Crippen molar-refractivity contribution in [1.29, 1.82) is 0 Å². The Labute approximate surface area is 286 Å². The van der Waals surface area contributed by atoms with E-state index in [9.17, 15) is 0 Å². The van der Waals surface area contributed by atoms with Crippen LogP contribution in [0, 0.1) is 0 Å². The summed E-state index contributed by atoms with van der Waals surface area (Å²) >= 11 is 0. The van der Waals surface area contributed by atoms with Gasteiger partial charge in [-0.1, -0.05) is 146 Å². The van der Waals surface area contributed by atoms with Gasteiger partial charge < -0.3 is 10.2 Å². The Morgan fingerprint density at radius 2 is 1.00 bits per heavy atom. The van der Waals surface area contributed by atoms with Gasteiger partial charge in [-0.25, -0.2) is 0 Å². The monoisotopic (exact) mass is 624 g/mol. The zero-order valence-corrected chi connectivity index (χ0v) is 26.8. The van der Waals surface area contributed by atoms with Gasteiger partial charge in [-0.05, 0) is 92.4 Å². The number of nitrogens with zero attached hydrogens (tertiary/aromatic N) is 1. The molecule has 0 unspecified atom stereocenters. The highest BCUT2D eigenvalue weighted by atomic mass is 15.2. The van der Waals surface area contributed by atoms with E-state index in [0.717, 1.165) is 17.1 Å². The van der Waals surface area contributed by atoms with Crippen molar-refractivity contribution >= 4 is 39.2 Å². The van der Waals surface area contributed by atoms with Crippen molar-refractivity contribution in [2.45, 2.75) is 5.41 Å². The third-order valence-electron chi connectivity index (χ3n) is 10.4. The average Bonchev–Trinajstić information content (AvgIpc) is 3.47. The molecule has 1 N–H and O–H groups in total. The minimum absolute atomic E-state index is 0.512. The molecule has 0 atom stereocenters. The summed E-state index contributed by atoms with van der Waals surface area (Å²) in [5.74, 6) is 0. The van der Waals surface area contributed by atoms with Crippen LogP contribution in [-0.4, -0.2) is 0 Å². The van der Waals surface area contributed by atoms with Crippen LogP contribution in [0.4, 0.5) is 28.4 Å². The Morgan fingerprint density at radius 3 is 1.73 bits per heavy atom. The van der Waals surface area contributed by atoms with Gasteiger partial charge >= 0.3 is 0 Å². The molecule has 0 radical (unpaired) electrons. The molecular weight excluding hydrogens is 593 g/mol. The SMILES string of the molecule is c1ccc(-c2ccc(Nc3ccc4c(c3)C3(c5ccccc5-c5ccccc53)c3ccc5ccccc5c3N4c3ccccc3)cc2)cc1. The Bertz CT molecular complexity index is 2470. The lowest BCUT2D eigenvalue weighted by atomic mass is 9.64. The van der Waals surface area contributed by atoms with Crippen molar-refractivity contribution in [2.24, 2.45) is 0 Å². The van der Waals surface area contributed by atoms with Gasteiger partial charge in [-0.15, -0.1) is 0 Å². The number of nitrogens with one attached hydrogen (secondary N) is 1. The maximum Gasteiger partial charge on any atom is 0.0755 e. The Hall–Kier alpha value is -6.38. The molecule has 8 aromatic carbocycles.